The zero-order chi connectivity index (χ0) is 22.4. The molecule has 1 heterocycles. The minimum absolute atomic E-state index is 0.0256. The van der Waals surface area contributed by atoms with Crippen molar-refractivity contribution in [3.05, 3.63) is 72.6 Å². The Bertz CT molecular complexity index is 1010. The Hall–Kier alpha value is -3.39. The molecule has 0 bridgehead atoms. The number of nitrogens with zero attached hydrogens (tertiary/aromatic N) is 2. The molecule has 2 amide bonds. The van der Waals surface area contributed by atoms with Crippen molar-refractivity contribution in [1.82, 2.24) is 15.1 Å². The molecule has 0 saturated carbocycles. The summed E-state index contributed by atoms with van der Waals surface area (Å²) in [5.74, 6) is 0.0428. The van der Waals surface area contributed by atoms with Crippen molar-refractivity contribution in [1.29, 1.82) is 0 Å². The summed E-state index contributed by atoms with van der Waals surface area (Å²) in [6.45, 7) is 6.85. The number of methoxy groups -OCH3 is 1. The van der Waals surface area contributed by atoms with Crippen LogP contribution in [0.4, 0.5) is 5.69 Å². The van der Waals surface area contributed by atoms with Gasteiger partial charge in [0, 0.05) is 18.1 Å². The third-order valence-electron chi connectivity index (χ3n) is 4.90. The number of rotatable bonds is 8. The second kappa shape index (κ2) is 9.61. The van der Waals surface area contributed by atoms with Gasteiger partial charge in [-0.2, -0.15) is 5.10 Å². The van der Waals surface area contributed by atoms with E-state index in [4.69, 9.17) is 4.74 Å². The SMILES string of the molecule is COc1ccc(C(NC(=O)Cn2cccn2)C(=O)Nc2ccc([Si](C)(C)C)cc2)cc1. The number of anilines is 1. The highest BCUT2D eigenvalue weighted by Gasteiger charge is 2.24. The molecule has 0 aliphatic rings. The van der Waals surface area contributed by atoms with Gasteiger partial charge in [-0.25, -0.2) is 0 Å². The van der Waals surface area contributed by atoms with Crippen molar-refractivity contribution in [3.63, 3.8) is 0 Å². The van der Waals surface area contributed by atoms with Crippen molar-refractivity contribution < 1.29 is 14.3 Å². The molecule has 7 nitrogen and oxygen atoms in total. The van der Waals surface area contributed by atoms with E-state index in [1.165, 1.54) is 9.87 Å². The summed E-state index contributed by atoms with van der Waals surface area (Å²) in [5, 5.41) is 11.1. The van der Waals surface area contributed by atoms with Crippen molar-refractivity contribution in [2.75, 3.05) is 12.4 Å². The predicted octanol–water partition coefficient (Wildman–Crippen LogP) is 2.93. The quantitative estimate of drug-likeness (QED) is 0.532. The molecule has 2 aromatic carbocycles. The van der Waals surface area contributed by atoms with Crippen LogP contribution in [0, 0.1) is 0 Å². The first-order valence-corrected chi connectivity index (χ1v) is 13.6. The monoisotopic (exact) mass is 436 g/mol. The largest absolute Gasteiger partial charge is 0.497 e. The van der Waals surface area contributed by atoms with E-state index in [1.807, 2.05) is 12.1 Å². The Morgan fingerprint density at radius 3 is 2.29 bits per heavy atom. The van der Waals surface area contributed by atoms with Gasteiger partial charge in [-0.05, 0) is 35.9 Å². The second-order valence-electron chi connectivity index (χ2n) is 8.29. The number of nitrogens with one attached hydrogen (secondary N) is 2. The maximum atomic E-state index is 13.1. The summed E-state index contributed by atoms with van der Waals surface area (Å²) in [5.41, 5.74) is 1.35. The van der Waals surface area contributed by atoms with Gasteiger partial charge in [0.2, 0.25) is 5.91 Å². The molecule has 0 aliphatic carbocycles. The lowest BCUT2D eigenvalue weighted by Gasteiger charge is -2.20. The molecule has 1 atom stereocenters. The van der Waals surface area contributed by atoms with Crippen molar-refractivity contribution >= 4 is 30.8 Å². The minimum Gasteiger partial charge on any atom is -0.497 e. The van der Waals surface area contributed by atoms with E-state index < -0.39 is 14.1 Å². The van der Waals surface area contributed by atoms with Gasteiger partial charge in [-0.3, -0.25) is 14.3 Å². The van der Waals surface area contributed by atoms with E-state index in [1.54, 1.807) is 49.8 Å². The molecule has 1 unspecified atom stereocenters. The van der Waals surface area contributed by atoms with Crippen molar-refractivity contribution in [2.24, 2.45) is 0 Å². The first-order chi connectivity index (χ1) is 14.8. The summed E-state index contributed by atoms with van der Waals surface area (Å²) in [6, 6.07) is 15.9. The fraction of sp³-hybridized carbons (Fsp3) is 0.261. The molecule has 0 saturated heterocycles. The van der Waals surface area contributed by atoms with Crippen molar-refractivity contribution in [2.45, 2.75) is 32.2 Å². The van der Waals surface area contributed by atoms with Crippen LogP contribution >= 0.6 is 0 Å². The first-order valence-electron chi connectivity index (χ1n) is 10.1. The lowest BCUT2D eigenvalue weighted by Crippen LogP contribution is -2.39. The molecule has 1 aromatic heterocycles. The van der Waals surface area contributed by atoms with Gasteiger partial charge in [-0.15, -0.1) is 0 Å². The van der Waals surface area contributed by atoms with Crippen LogP contribution in [0.15, 0.2) is 67.0 Å². The van der Waals surface area contributed by atoms with Crippen LogP contribution < -0.4 is 20.6 Å². The third-order valence-corrected chi connectivity index (χ3v) is 6.97. The van der Waals surface area contributed by atoms with Gasteiger partial charge >= 0.3 is 0 Å². The fourth-order valence-corrected chi connectivity index (χ4v) is 4.28. The minimum atomic E-state index is -1.42. The Morgan fingerprint density at radius 1 is 1.06 bits per heavy atom. The number of benzene rings is 2. The smallest absolute Gasteiger partial charge is 0.251 e. The van der Waals surface area contributed by atoms with E-state index in [-0.39, 0.29) is 18.4 Å². The maximum absolute atomic E-state index is 13.1. The van der Waals surface area contributed by atoms with Gasteiger partial charge in [-0.1, -0.05) is 49.1 Å². The van der Waals surface area contributed by atoms with E-state index in [9.17, 15) is 9.59 Å². The van der Waals surface area contributed by atoms with Crippen LogP contribution in [-0.2, 0) is 16.1 Å². The van der Waals surface area contributed by atoms with Gasteiger partial charge in [0.1, 0.15) is 18.3 Å². The highest BCUT2D eigenvalue weighted by molar-refractivity contribution is 6.88. The molecule has 0 aliphatic heterocycles. The maximum Gasteiger partial charge on any atom is 0.251 e. The standard InChI is InChI=1S/C23H28N4O3Si/c1-30-19-10-6-17(7-11-19)22(26-21(28)16-27-15-5-14-24-27)23(29)25-18-8-12-20(13-9-18)31(2,3)4/h5-15,22H,16H2,1-4H3,(H,25,29)(H,26,28). The summed E-state index contributed by atoms with van der Waals surface area (Å²) >= 11 is 0. The van der Waals surface area contributed by atoms with Crippen LogP contribution in [0.25, 0.3) is 0 Å². The van der Waals surface area contributed by atoms with Crippen LogP contribution in [0.5, 0.6) is 5.75 Å². The number of amides is 2. The topological polar surface area (TPSA) is 85.2 Å². The van der Waals surface area contributed by atoms with Gasteiger partial charge in [0.15, 0.2) is 0 Å². The number of ether oxygens (including phenoxy) is 1. The molecular formula is C23H28N4O3Si. The number of carbonyl (C=O) groups is 2. The summed E-state index contributed by atoms with van der Waals surface area (Å²) in [6.07, 6.45) is 3.30. The molecule has 31 heavy (non-hydrogen) atoms. The van der Waals surface area contributed by atoms with Gasteiger partial charge in [0.25, 0.3) is 5.91 Å². The van der Waals surface area contributed by atoms with Crippen LogP contribution in [0.3, 0.4) is 0 Å². The fourth-order valence-electron chi connectivity index (χ4n) is 3.11. The Morgan fingerprint density at radius 2 is 1.74 bits per heavy atom. The van der Waals surface area contributed by atoms with E-state index in [0.29, 0.717) is 17.0 Å². The van der Waals surface area contributed by atoms with Crippen LogP contribution in [0.2, 0.25) is 19.6 Å². The third kappa shape index (κ3) is 6.05. The average Bonchev–Trinajstić information content (AvgIpc) is 3.25. The number of hydrogen-bond acceptors (Lipinski definition) is 4. The molecule has 0 radical (unpaired) electrons. The highest BCUT2D eigenvalue weighted by atomic mass is 28.3. The molecule has 0 spiro atoms. The lowest BCUT2D eigenvalue weighted by molar-refractivity contribution is -0.127. The van der Waals surface area contributed by atoms with Crippen LogP contribution in [-0.4, -0.2) is 36.8 Å². The number of aromatic nitrogens is 2. The summed E-state index contributed by atoms with van der Waals surface area (Å²) < 4.78 is 6.71. The highest BCUT2D eigenvalue weighted by Crippen LogP contribution is 2.20. The molecule has 2 N–H and O–H groups in total. The van der Waals surface area contributed by atoms with E-state index in [2.05, 4.69) is 47.5 Å². The summed E-state index contributed by atoms with van der Waals surface area (Å²) in [4.78, 5) is 25.7. The molecule has 0 fully saturated rings. The number of hydrogen-bond donors (Lipinski definition) is 2. The van der Waals surface area contributed by atoms with Gasteiger partial charge in [0.05, 0.1) is 15.2 Å². The Kier molecular flexibility index (Phi) is 6.91. The Labute approximate surface area is 183 Å². The molecule has 3 aromatic rings. The van der Waals surface area contributed by atoms with E-state index >= 15 is 0 Å². The average molecular weight is 437 g/mol. The van der Waals surface area contributed by atoms with Gasteiger partial charge < -0.3 is 15.4 Å². The zero-order valence-corrected chi connectivity index (χ0v) is 19.3. The first kappa shape index (κ1) is 22.3. The number of carbonyl (C=O) groups excluding carboxylic acids is 2. The zero-order valence-electron chi connectivity index (χ0n) is 18.3. The summed E-state index contributed by atoms with van der Waals surface area (Å²) in [7, 11) is 0.156. The molecule has 162 valence electrons. The predicted molar refractivity (Wildman–Crippen MR) is 124 cm³/mol. The van der Waals surface area contributed by atoms with Crippen molar-refractivity contribution in [3.8, 4) is 5.75 Å². The second-order valence-corrected chi connectivity index (χ2v) is 13.4. The molecule has 8 heteroatoms. The normalized spacial score (nSPS) is 12.1. The lowest BCUT2D eigenvalue weighted by atomic mass is 10.1. The molecular weight excluding hydrogens is 408 g/mol. The van der Waals surface area contributed by atoms with Crippen LogP contribution in [0.1, 0.15) is 11.6 Å². The Balaban J connectivity index is 1.78. The van der Waals surface area contributed by atoms with E-state index in [0.717, 1.165) is 0 Å². The molecule has 3 rings (SSSR count).